The monoisotopic (exact) mass is 417 g/mol. The van der Waals surface area contributed by atoms with Crippen LogP contribution >= 0.6 is 11.3 Å². The summed E-state index contributed by atoms with van der Waals surface area (Å²) in [7, 11) is 0. The summed E-state index contributed by atoms with van der Waals surface area (Å²) in [5, 5.41) is 6.61. The first-order valence-electron chi connectivity index (χ1n) is 9.74. The molecule has 0 saturated carbocycles. The summed E-state index contributed by atoms with van der Waals surface area (Å²) in [5.74, 6) is 1.27. The lowest BCUT2D eigenvalue weighted by Crippen LogP contribution is -2.26. The molecule has 0 radical (unpaired) electrons. The average Bonchev–Trinajstić information content (AvgIpc) is 3.29. The molecule has 4 aromatic rings. The Morgan fingerprint density at radius 3 is 2.87 bits per heavy atom. The van der Waals surface area contributed by atoms with Gasteiger partial charge in [0.15, 0.2) is 11.5 Å². The van der Waals surface area contributed by atoms with Crippen molar-refractivity contribution in [2.75, 3.05) is 19.8 Å². The van der Waals surface area contributed by atoms with E-state index in [2.05, 4.69) is 15.3 Å². The van der Waals surface area contributed by atoms with E-state index in [0.29, 0.717) is 37.6 Å². The van der Waals surface area contributed by atoms with E-state index in [1.807, 2.05) is 48.5 Å². The van der Waals surface area contributed by atoms with Crippen LogP contribution in [0.1, 0.15) is 16.1 Å². The van der Waals surface area contributed by atoms with Gasteiger partial charge < -0.3 is 14.8 Å². The summed E-state index contributed by atoms with van der Waals surface area (Å²) in [6.07, 6.45) is 2.50. The second-order valence-corrected chi connectivity index (χ2v) is 7.75. The van der Waals surface area contributed by atoms with Crippen LogP contribution in [0.25, 0.3) is 21.5 Å². The van der Waals surface area contributed by atoms with Crippen LogP contribution in [-0.4, -0.2) is 35.6 Å². The van der Waals surface area contributed by atoms with E-state index in [4.69, 9.17) is 9.47 Å². The fraction of sp³-hybridized carbons (Fsp3) is 0.174. The van der Waals surface area contributed by atoms with Gasteiger partial charge in [0, 0.05) is 29.1 Å². The number of para-hydroxylation sites is 1. The number of fused-ring (bicyclic) bond motifs is 2. The summed E-state index contributed by atoms with van der Waals surface area (Å²) in [5.41, 5.74) is 3.42. The van der Waals surface area contributed by atoms with E-state index >= 15 is 0 Å². The number of carbonyl (C=O) groups is 1. The van der Waals surface area contributed by atoms with Gasteiger partial charge in [-0.15, -0.1) is 11.3 Å². The van der Waals surface area contributed by atoms with Crippen molar-refractivity contribution in [1.29, 1.82) is 0 Å². The third-order valence-corrected chi connectivity index (χ3v) is 5.81. The molecule has 0 fully saturated rings. The Morgan fingerprint density at radius 1 is 1.07 bits per heavy atom. The lowest BCUT2D eigenvalue weighted by molar-refractivity contribution is 0.0950. The molecule has 1 aliphatic rings. The number of pyridine rings is 1. The van der Waals surface area contributed by atoms with Crippen LogP contribution in [0.3, 0.4) is 0 Å². The Labute approximate surface area is 177 Å². The molecule has 6 nitrogen and oxygen atoms in total. The third kappa shape index (κ3) is 3.71. The van der Waals surface area contributed by atoms with Gasteiger partial charge in [0.25, 0.3) is 5.91 Å². The van der Waals surface area contributed by atoms with Crippen molar-refractivity contribution >= 4 is 28.1 Å². The molecule has 0 spiro atoms. The minimum Gasteiger partial charge on any atom is -0.486 e. The van der Waals surface area contributed by atoms with Gasteiger partial charge in [-0.1, -0.05) is 24.3 Å². The van der Waals surface area contributed by atoms with Crippen molar-refractivity contribution in [3.8, 4) is 22.1 Å². The standard InChI is InChI=1S/C23H19N3O3S/c27-22(25-10-8-16-4-1-3-15-5-2-9-24-21(15)16)18-14-30-23(26-18)17-6-7-19-20(13-17)29-12-11-28-19/h1-7,9,13-14H,8,10-12H2,(H,25,27). The molecule has 7 heteroatoms. The second kappa shape index (κ2) is 8.12. The zero-order valence-corrected chi connectivity index (χ0v) is 16.9. The number of rotatable bonds is 5. The Kier molecular flexibility index (Phi) is 5.03. The first-order chi connectivity index (χ1) is 14.8. The van der Waals surface area contributed by atoms with E-state index in [9.17, 15) is 4.79 Å². The number of carbonyl (C=O) groups excluding carboxylic acids is 1. The fourth-order valence-electron chi connectivity index (χ4n) is 3.46. The molecule has 0 atom stereocenters. The molecule has 1 aliphatic heterocycles. The molecule has 2 aromatic heterocycles. The van der Waals surface area contributed by atoms with Gasteiger partial charge in [-0.2, -0.15) is 0 Å². The summed E-state index contributed by atoms with van der Waals surface area (Å²) < 4.78 is 11.2. The van der Waals surface area contributed by atoms with Crippen LogP contribution in [0, 0.1) is 0 Å². The summed E-state index contributed by atoms with van der Waals surface area (Å²) >= 11 is 1.44. The van der Waals surface area contributed by atoms with Crippen LogP contribution < -0.4 is 14.8 Å². The summed E-state index contributed by atoms with van der Waals surface area (Å²) in [4.78, 5) is 21.5. The van der Waals surface area contributed by atoms with Gasteiger partial charge in [0.1, 0.15) is 23.9 Å². The fourth-order valence-corrected chi connectivity index (χ4v) is 4.25. The molecular weight excluding hydrogens is 398 g/mol. The first-order valence-corrected chi connectivity index (χ1v) is 10.6. The summed E-state index contributed by atoms with van der Waals surface area (Å²) in [6, 6.07) is 15.8. The highest BCUT2D eigenvalue weighted by atomic mass is 32.1. The van der Waals surface area contributed by atoms with Crippen molar-refractivity contribution in [1.82, 2.24) is 15.3 Å². The van der Waals surface area contributed by atoms with Crippen LogP contribution in [0.4, 0.5) is 0 Å². The highest BCUT2D eigenvalue weighted by molar-refractivity contribution is 7.13. The van der Waals surface area contributed by atoms with Crippen molar-refractivity contribution in [3.63, 3.8) is 0 Å². The number of aromatic nitrogens is 2. The van der Waals surface area contributed by atoms with Gasteiger partial charge in [-0.05, 0) is 36.2 Å². The van der Waals surface area contributed by atoms with E-state index in [-0.39, 0.29) is 5.91 Å². The maximum absolute atomic E-state index is 12.5. The maximum atomic E-state index is 12.5. The molecule has 1 N–H and O–H groups in total. The molecule has 2 aromatic carbocycles. The molecule has 0 aliphatic carbocycles. The zero-order valence-electron chi connectivity index (χ0n) is 16.1. The van der Waals surface area contributed by atoms with Gasteiger partial charge in [-0.3, -0.25) is 9.78 Å². The highest BCUT2D eigenvalue weighted by Gasteiger charge is 2.16. The Bertz CT molecular complexity index is 1220. The molecule has 30 heavy (non-hydrogen) atoms. The quantitative estimate of drug-likeness (QED) is 0.529. The van der Waals surface area contributed by atoms with E-state index in [0.717, 1.165) is 32.8 Å². The molecule has 150 valence electrons. The second-order valence-electron chi connectivity index (χ2n) is 6.89. The Hall–Kier alpha value is -3.45. The maximum Gasteiger partial charge on any atom is 0.270 e. The van der Waals surface area contributed by atoms with Crippen LogP contribution in [-0.2, 0) is 6.42 Å². The molecule has 0 bridgehead atoms. The molecule has 0 unspecified atom stereocenters. The normalized spacial score (nSPS) is 12.7. The number of amides is 1. The minimum atomic E-state index is -0.178. The lowest BCUT2D eigenvalue weighted by Gasteiger charge is -2.18. The largest absolute Gasteiger partial charge is 0.486 e. The topological polar surface area (TPSA) is 73.3 Å². The number of nitrogens with zero attached hydrogens (tertiary/aromatic N) is 2. The third-order valence-electron chi connectivity index (χ3n) is 4.92. The van der Waals surface area contributed by atoms with Crippen LogP contribution in [0.5, 0.6) is 11.5 Å². The van der Waals surface area contributed by atoms with Crippen LogP contribution in [0.15, 0.2) is 60.1 Å². The van der Waals surface area contributed by atoms with Crippen molar-refractivity contribution < 1.29 is 14.3 Å². The summed E-state index contributed by atoms with van der Waals surface area (Å²) in [6.45, 7) is 1.61. The Morgan fingerprint density at radius 2 is 1.93 bits per heavy atom. The molecule has 1 amide bonds. The van der Waals surface area contributed by atoms with E-state index in [1.54, 1.807) is 11.6 Å². The minimum absolute atomic E-state index is 0.178. The molecule has 0 saturated heterocycles. The Balaban J connectivity index is 1.25. The van der Waals surface area contributed by atoms with E-state index < -0.39 is 0 Å². The first kappa shape index (κ1) is 18.6. The van der Waals surface area contributed by atoms with Crippen molar-refractivity contribution in [3.05, 3.63) is 71.4 Å². The average molecular weight is 417 g/mol. The number of hydrogen-bond donors (Lipinski definition) is 1. The lowest BCUT2D eigenvalue weighted by atomic mass is 10.1. The van der Waals surface area contributed by atoms with E-state index in [1.165, 1.54) is 11.3 Å². The number of hydrogen-bond acceptors (Lipinski definition) is 6. The van der Waals surface area contributed by atoms with Gasteiger partial charge in [-0.25, -0.2) is 4.98 Å². The zero-order chi connectivity index (χ0) is 20.3. The number of ether oxygens (including phenoxy) is 2. The van der Waals surface area contributed by atoms with Crippen molar-refractivity contribution in [2.45, 2.75) is 6.42 Å². The smallest absolute Gasteiger partial charge is 0.270 e. The van der Waals surface area contributed by atoms with Gasteiger partial charge in [0.05, 0.1) is 5.52 Å². The predicted molar refractivity (Wildman–Crippen MR) is 116 cm³/mol. The molecule has 5 rings (SSSR count). The van der Waals surface area contributed by atoms with Crippen LogP contribution in [0.2, 0.25) is 0 Å². The SMILES string of the molecule is O=C(NCCc1cccc2cccnc12)c1csc(-c2ccc3c(c2)OCCO3)n1. The highest BCUT2D eigenvalue weighted by Crippen LogP contribution is 2.35. The van der Waals surface area contributed by atoms with Gasteiger partial charge >= 0.3 is 0 Å². The molecule has 3 heterocycles. The predicted octanol–water partition coefficient (Wildman–Crippen LogP) is 4.10. The number of thiazole rings is 1. The number of benzene rings is 2. The van der Waals surface area contributed by atoms with Crippen molar-refractivity contribution in [2.24, 2.45) is 0 Å². The van der Waals surface area contributed by atoms with Gasteiger partial charge in [0.2, 0.25) is 0 Å². The molecular formula is C23H19N3O3S. The number of nitrogens with one attached hydrogen (secondary N) is 1.